The van der Waals surface area contributed by atoms with Gasteiger partial charge in [0.25, 0.3) is 11.5 Å². The molecule has 1 aliphatic carbocycles. The standard InChI is InChI=1S/C33H37BrF3N7O3/c1-8-29(47-24-14-23(15-24)41(6)7)38-16-21(5)43-31(46)25-12-19(3)42(17-28(25)39-32(43)44-20(4)11-18(2)40-44)30(45)22-9-10-27(34)26(13-22)33(35,36)37/h8-11,13,16,19,23-24H,5,12,14-15,17H2,1-4,6-7H3/b29-8+,38-16?/t19-,23?,24?/m1/s1. The first-order valence-electron chi connectivity index (χ1n) is 15.2. The Morgan fingerprint density at radius 1 is 1.21 bits per heavy atom. The summed E-state index contributed by atoms with van der Waals surface area (Å²) in [6.45, 7) is 11.2. The Kier molecular flexibility index (Phi) is 9.65. The third-order valence-corrected chi connectivity index (χ3v) is 9.23. The summed E-state index contributed by atoms with van der Waals surface area (Å²) in [6.07, 6.45) is 0.515. The zero-order valence-corrected chi connectivity index (χ0v) is 28.7. The first kappa shape index (κ1) is 34.3. The van der Waals surface area contributed by atoms with E-state index in [-0.39, 0.29) is 40.8 Å². The number of hydrogen-bond acceptors (Lipinski definition) is 7. The molecule has 1 saturated carbocycles. The minimum Gasteiger partial charge on any atom is -0.474 e. The van der Waals surface area contributed by atoms with Crippen molar-refractivity contribution < 1.29 is 22.7 Å². The fourth-order valence-corrected chi connectivity index (χ4v) is 6.26. The van der Waals surface area contributed by atoms with Crippen LogP contribution in [0.15, 0.2) is 57.1 Å². The van der Waals surface area contributed by atoms with Crippen molar-refractivity contribution in [3.8, 4) is 5.95 Å². The smallest absolute Gasteiger partial charge is 0.417 e. The topological polar surface area (TPSA) is 97.8 Å². The Balaban J connectivity index is 1.49. The van der Waals surface area contributed by atoms with E-state index < -0.39 is 29.2 Å². The molecule has 10 nitrogen and oxygen atoms in total. The van der Waals surface area contributed by atoms with Gasteiger partial charge in [-0.15, -0.1) is 0 Å². The lowest BCUT2D eigenvalue weighted by atomic mass is 9.88. The van der Waals surface area contributed by atoms with Gasteiger partial charge in [-0.25, -0.2) is 19.2 Å². The highest BCUT2D eigenvalue weighted by atomic mass is 79.9. The molecule has 5 rings (SSSR count). The number of halogens is 4. The molecular formula is C33H37BrF3N7O3. The highest BCUT2D eigenvalue weighted by molar-refractivity contribution is 9.10. The van der Waals surface area contributed by atoms with Crippen molar-refractivity contribution in [3.05, 3.63) is 91.4 Å². The van der Waals surface area contributed by atoms with Gasteiger partial charge in [0.15, 0.2) is 0 Å². The zero-order chi connectivity index (χ0) is 34.4. The molecule has 47 heavy (non-hydrogen) atoms. The monoisotopic (exact) mass is 715 g/mol. The van der Waals surface area contributed by atoms with Crippen LogP contribution in [0.3, 0.4) is 0 Å². The van der Waals surface area contributed by atoms with Crippen LogP contribution in [-0.2, 0) is 23.9 Å². The number of aliphatic imine (C=N–C) groups is 1. The van der Waals surface area contributed by atoms with Gasteiger partial charge in [-0.2, -0.15) is 18.3 Å². The molecule has 0 radical (unpaired) electrons. The van der Waals surface area contributed by atoms with E-state index in [0.29, 0.717) is 34.6 Å². The summed E-state index contributed by atoms with van der Waals surface area (Å²) in [6, 6.07) is 5.17. The lowest BCUT2D eigenvalue weighted by Gasteiger charge is -2.39. The number of amides is 1. The number of allylic oxidation sites excluding steroid dienone is 2. The normalized spacial score (nSPS) is 20.0. The summed E-state index contributed by atoms with van der Waals surface area (Å²) in [5.74, 6) is -0.0421. The van der Waals surface area contributed by atoms with Gasteiger partial charge in [-0.3, -0.25) is 9.59 Å². The number of alkyl halides is 3. The van der Waals surface area contributed by atoms with E-state index >= 15 is 0 Å². The minimum atomic E-state index is -4.64. The Morgan fingerprint density at radius 2 is 1.91 bits per heavy atom. The number of aromatic nitrogens is 4. The van der Waals surface area contributed by atoms with Crippen LogP contribution in [0.5, 0.6) is 0 Å². The van der Waals surface area contributed by atoms with Crippen molar-refractivity contribution in [3.63, 3.8) is 0 Å². The molecule has 0 N–H and O–H groups in total. The molecule has 1 amide bonds. The van der Waals surface area contributed by atoms with Gasteiger partial charge < -0.3 is 14.5 Å². The van der Waals surface area contributed by atoms with E-state index in [4.69, 9.17) is 9.72 Å². The van der Waals surface area contributed by atoms with Crippen molar-refractivity contribution >= 4 is 33.7 Å². The van der Waals surface area contributed by atoms with E-state index in [1.54, 1.807) is 13.0 Å². The van der Waals surface area contributed by atoms with Gasteiger partial charge >= 0.3 is 6.18 Å². The molecule has 3 aromatic rings. The van der Waals surface area contributed by atoms with Crippen LogP contribution in [0.4, 0.5) is 13.2 Å². The molecule has 0 unspecified atom stereocenters. The van der Waals surface area contributed by atoms with E-state index in [1.165, 1.54) is 32.5 Å². The Bertz CT molecular complexity index is 1840. The second kappa shape index (κ2) is 13.2. The van der Waals surface area contributed by atoms with Gasteiger partial charge in [-0.1, -0.05) is 22.5 Å². The molecule has 14 heteroatoms. The first-order valence-corrected chi connectivity index (χ1v) is 16.0. The van der Waals surface area contributed by atoms with Crippen LogP contribution in [0.2, 0.25) is 0 Å². The van der Waals surface area contributed by atoms with Crippen LogP contribution in [0.25, 0.3) is 11.6 Å². The third-order valence-electron chi connectivity index (χ3n) is 8.54. The van der Waals surface area contributed by atoms with Crippen LogP contribution in [0.1, 0.15) is 65.3 Å². The molecule has 1 atom stereocenters. The molecule has 1 aromatic carbocycles. The molecule has 1 aliphatic heterocycles. The second-order valence-electron chi connectivity index (χ2n) is 12.2. The maximum absolute atomic E-state index is 14.2. The number of benzene rings is 1. The molecule has 0 spiro atoms. The van der Waals surface area contributed by atoms with Gasteiger partial charge in [-0.05, 0) is 78.6 Å². The van der Waals surface area contributed by atoms with Crippen LogP contribution in [-0.4, -0.2) is 73.5 Å². The maximum Gasteiger partial charge on any atom is 0.417 e. The number of hydrogen-bond donors (Lipinski definition) is 0. The number of carbonyl (C=O) groups excluding carboxylic acids is 1. The lowest BCUT2D eigenvalue weighted by molar-refractivity contribution is -0.138. The second-order valence-corrected chi connectivity index (χ2v) is 13.1. The van der Waals surface area contributed by atoms with E-state index in [2.05, 4.69) is 37.5 Å². The quantitative estimate of drug-likeness (QED) is 0.212. The molecule has 0 bridgehead atoms. The summed E-state index contributed by atoms with van der Waals surface area (Å²) in [7, 11) is 4.08. The number of fused-ring (bicyclic) bond motifs is 1. The SMILES string of the molecule is C=C(C=N/C(=C\C)OC1CC(N(C)C)C1)n1c(-n2nc(C)cc2C)nc2c(c1=O)C[C@@H](C)N(C(=O)c1ccc(Br)c(C(F)(F)F)c1)C2. The van der Waals surface area contributed by atoms with Crippen molar-refractivity contribution in [2.45, 2.75) is 77.9 Å². The minimum absolute atomic E-state index is 0.0435. The third kappa shape index (κ3) is 6.98. The van der Waals surface area contributed by atoms with Gasteiger partial charge in [0.2, 0.25) is 11.8 Å². The number of carbonyl (C=O) groups is 1. The maximum atomic E-state index is 14.2. The van der Waals surface area contributed by atoms with Gasteiger partial charge in [0, 0.05) is 46.2 Å². The molecule has 250 valence electrons. The zero-order valence-electron chi connectivity index (χ0n) is 27.1. The lowest BCUT2D eigenvalue weighted by Crippen LogP contribution is -2.46. The van der Waals surface area contributed by atoms with E-state index in [9.17, 15) is 22.8 Å². The number of nitrogens with zero attached hydrogens (tertiary/aromatic N) is 7. The summed E-state index contributed by atoms with van der Waals surface area (Å²) in [4.78, 5) is 40.7. The van der Waals surface area contributed by atoms with E-state index in [1.807, 2.05) is 40.9 Å². The fourth-order valence-electron chi connectivity index (χ4n) is 5.79. The number of rotatable bonds is 8. The van der Waals surface area contributed by atoms with Crippen LogP contribution in [0, 0.1) is 13.8 Å². The number of ether oxygens (including phenoxy) is 1. The highest BCUT2D eigenvalue weighted by Gasteiger charge is 2.36. The summed E-state index contributed by atoms with van der Waals surface area (Å²) >= 11 is 2.93. The molecule has 2 aromatic heterocycles. The largest absolute Gasteiger partial charge is 0.474 e. The fraction of sp³-hybridized carbons (Fsp3) is 0.424. The molecule has 1 fully saturated rings. The van der Waals surface area contributed by atoms with Crippen LogP contribution < -0.4 is 5.56 Å². The Hall–Kier alpha value is -4.04. The van der Waals surface area contributed by atoms with Crippen LogP contribution >= 0.6 is 15.9 Å². The van der Waals surface area contributed by atoms with Crippen molar-refractivity contribution in [1.82, 2.24) is 29.1 Å². The van der Waals surface area contributed by atoms with Crippen molar-refractivity contribution in [2.24, 2.45) is 4.99 Å². The molecule has 3 heterocycles. The Labute approximate surface area is 279 Å². The summed E-state index contributed by atoms with van der Waals surface area (Å²) in [5, 5.41) is 4.54. The summed E-state index contributed by atoms with van der Waals surface area (Å²) < 4.78 is 49.5. The average molecular weight is 717 g/mol. The highest BCUT2D eigenvalue weighted by Crippen LogP contribution is 2.36. The van der Waals surface area contributed by atoms with Crippen molar-refractivity contribution in [2.75, 3.05) is 14.1 Å². The molecule has 0 saturated heterocycles. The predicted octanol–water partition coefficient (Wildman–Crippen LogP) is 5.93. The Morgan fingerprint density at radius 3 is 2.51 bits per heavy atom. The van der Waals surface area contributed by atoms with E-state index in [0.717, 1.165) is 18.9 Å². The van der Waals surface area contributed by atoms with Gasteiger partial charge in [0.05, 0.1) is 35.4 Å². The number of aryl methyl sites for hydroxylation is 2. The molecular weight excluding hydrogens is 679 g/mol. The summed E-state index contributed by atoms with van der Waals surface area (Å²) in [5.41, 5.74) is 0.880. The predicted molar refractivity (Wildman–Crippen MR) is 176 cm³/mol. The average Bonchev–Trinajstić information content (AvgIpc) is 3.32. The van der Waals surface area contributed by atoms with Crippen molar-refractivity contribution in [1.29, 1.82) is 0 Å². The van der Waals surface area contributed by atoms with Gasteiger partial charge in [0.1, 0.15) is 6.10 Å². The molecule has 2 aliphatic rings. The first-order chi connectivity index (χ1) is 22.1.